The first-order chi connectivity index (χ1) is 9.45. The molecule has 0 aromatic carbocycles. The van der Waals surface area contributed by atoms with Crippen molar-refractivity contribution in [2.45, 2.75) is 65.2 Å². The zero-order valence-corrected chi connectivity index (χ0v) is 17.3. The number of amides is 2. The molecule has 0 spiro atoms. The molecular formula is C14H28CaN2O2S2. The van der Waals surface area contributed by atoms with Crippen molar-refractivity contribution in [3.63, 3.8) is 0 Å². The molecule has 0 fully saturated rings. The van der Waals surface area contributed by atoms with Crippen molar-refractivity contribution >= 4 is 73.5 Å². The van der Waals surface area contributed by atoms with E-state index in [1.54, 1.807) is 0 Å². The molecule has 0 aliphatic rings. The Labute approximate surface area is 170 Å². The molecule has 0 aliphatic carbocycles. The number of carbonyl (C=O) groups excluding carboxylic acids is 2. The molecule has 2 N–H and O–H groups in total. The maximum absolute atomic E-state index is 11.2. The van der Waals surface area contributed by atoms with Crippen molar-refractivity contribution < 1.29 is 9.59 Å². The Morgan fingerprint density at radius 3 is 1.43 bits per heavy atom. The molecule has 0 saturated carbocycles. The normalized spacial score (nSPS) is 9.05. The molecule has 0 saturated heterocycles. The Kier molecular flexibility index (Phi) is 26.1. The van der Waals surface area contributed by atoms with Gasteiger partial charge in [-0.1, -0.05) is 52.4 Å². The molecule has 0 bridgehead atoms. The Hall–Kier alpha value is 0.640. The summed E-state index contributed by atoms with van der Waals surface area (Å²) >= 11 is 8.50. The average Bonchev–Trinajstić information content (AvgIpc) is 2.36. The first-order valence-corrected chi connectivity index (χ1v) is 8.19. The Morgan fingerprint density at radius 2 is 1.19 bits per heavy atom. The first-order valence-electron chi connectivity index (χ1n) is 7.38. The van der Waals surface area contributed by atoms with Crippen molar-refractivity contribution in [1.29, 1.82) is 0 Å². The molecule has 0 radical (unpaired) electrons. The van der Waals surface area contributed by atoms with Crippen LogP contribution in [0.15, 0.2) is 0 Å². The van der Waals surface area contributed by atoms with Crippen LogP contribution in [0.3, 0.4) is 0 Å². The molecule has 120 valence electrons. The van der Waals surface area contributed by atoms with Crippen LogP contribution in [0.1, 0.15) is 65.2 Å². The summed E-state index contributed by atoms with van der Waals surface area (Å²) in [5.74, 6) is 0. The van der Waals surface area contributed by atoms with E-state index in [4.69, 9.17) is 17.4 Å². The molecule has 21 heavy (non-hydrogen) atoms. The number of hydrogen-bond donors (Lipinski definition) is 1. The molecule has 4 nitrogen and oxygen atoms in total. The molecule has 0 unspecified atom stereocenters. The molecule has 0 heterocycles. The van der Waals surface area contributed by atoms with E-state index in [9.17, 15) is 4.79 Å². The van der Waals surface area contributed by atoms with Gasteiger partial charge in [0.15, 0.2) is 0 Å². The van der Waals surface area contributed by atoms with Crippen LogP contribution in [0.4, 0.5) is 9.59 Å². The summed E-state index contributed by atoms with van der Waals surface area (Å²) in [5, 5.41) is -0.923. The minimum Gasteiger partial charge on any atom is -0.719 e. The second-order valence-corrected chi connectivity index (χ2v) is 5.44. The third kappa shape index (κ3) is 25.9. The van der Waals surface area contributed by atoms with Crippen LogP contribution in [0.25, 0.3) is 0 Å². The van der Waals surface area contributed by atoms with Gasteiger partial charge in [0, 0.05) is 13.1 Å². The van der Waals surface area contributed by atoms with Gasteiger partial charge in [0.05, 0.1) is 5.24 Å². The van der Waals surface area contributed by atoms with Crippen LogP contribution in [0.5, 0.6) is 0 Å². The summed E-state index contributed by atoms with van der Waals surface area (Å²) in [7, 11) is 0. The Balaban J connectivity index is -0.000000572. The maximum atomic E-state index is 11.2. The van der Waals surface area contributed by atoms with Crippen molar-refractivity contribution in [1.82, 2.24) is 4.90 Å². The molecule has 0 aromatic rings. The van der Waals surface area contributed by atoms with Crippen LogP contribution in [-0.4, -0.2) is 66.2 Å². The monoisotopic (exact) mass is 360 g/mol. The van der Waals surface area contributed by atoms with Crippen LogP contribution in [-0.2, 0) is 25.3 Å². The number of nitrogens with zero attached hydrogens (tertiary/aromatic N) is 1. The summed E-state index contributed by atoms with van der Waals surface area (Å²) in [6.07, 6.45) is 9.62. The second kappa shape index (κ2) is 20.6. The van der Waals surface area contributed by atoms with E-state index in [1.165, 1.54) is 38.5 Å². The van der Waals surface area contributed by atoms with Gasteiger partial charge in [-0.2, -0.15) is 0 Å². The fraction of sp³-hybridized carbons (Fsp3) is 0.857. The van der Waals surface area contributed by atoms with Gasteiger partial charge in [0.25, 0.3) is 0 Å². The zero-order chi connectivity index (χ0) is 15.8. The summed E-state index contributed by atoms with van der Waals surface area (Å²) in [5.41, 5.74) is 4.29. The number of nitrogens with two attached hydrogens (primary N) is 1. The second-order valence-electron chi connectivity index (χ2n) is 4.69. The summed E-state index contributed by atoms with van der Waals surface area (Å²) < 4.78 is 0. The van der Waals surface area contributed by atoms with Gasteiger partial charge < -0.3 is 45.5 Å². The predicted molar refractivity (Wildman–Crippen MR) is 95.3 cm³/mol. The van der Waals surface area contributed by atoms with E-state index < -0.39 is 5.24 Å². The van der Waals surface area contributed by atoms with E-state index in [0.717, 1.165) is 25.9 Å². The summed E-state index contributed by atoms with van der Waals surface area (Å²) in [6, 6.07) is 0. The molecular weight excluding hydrogens is 332 g/mol. The Bertz CT molecular complexity index is 241. The third-order valence-corrected chi connectivity index (χ3v) is 3.08. The number of carbonyl (C=O) groups is 2. The van der Waals surface area contributed by atoms with E-state index in [2.05, 4.69) is 32.2 Å². The minimum atomic E-state index is -0.750. The van der Waals surface area contributed by atoms with Crippen molar-refractivity contribution in [3.8, 4) is 0 Å². The van der Waals surface area contributed by atoms with Gasteiger partial charge >= 0.3 is 37.7 Å². The van der Waals surface area contributed by atoms with Gasteiger partial charge in [-0.3, -0.25) is 0 Å². The molecule has 0 aromatic heterocycles. The van der Waals surface area contributed by atoms with E-state index >= 15 is 0 Å². The average molecular weight is 361 g/mol. The van der Waals surface area contributed by atoms with Crippen LogP contribution in [0.2, 0.25) is 0 Å². The first kappa shape index (κ1) is 26.5. The molecule has 0 rings (SSSR count). The van der Waals surface area contributed by atoms with Crippen LogP contribution < -0.4 is 5.73 Å². The topological polar surface area (TPSA) is 63.4 Å². The fourth-order valence-corrected chi connectivity index (χ4v) is 1.94. The van der Waals surface area contributed by atoms with Crippen LogP contribution >= 0.6 is 0 Å². The van der Waals surface area contributed by atoms with E-state index in [-0.39, 0.29) is 43.0 Å². The number of hydrogen-bond acceptors (Lipinski definition) is 4. The number of rotatable bonds is 10. The smallest absolute Gasteiger partial charge is 0.719 e. The molecule has 0 aliphatic heterocycles. The van der Waals surface area contributed by atoms with Crippen molar-refractivity contribution in [2.75, 3.05) is 13.1 Å². The standard InChI is InChI=1S/C13H27NOS.CH3NOS.Ca/c1-3-5-7-9-11-14(13(15)16)12-10-8-6-4-2;2-1(3)4;/h3-12H2,1-2H3,(H,15,16);(H3,2,3,4);/q;;+2/p-2. The van der Waals surface area contributed by atoms with Gasteiger partial charge in [-0.25, -0.2) is 0 Å². The number of primary amides is 1. The maximum Gasteiger partial charge on any atom is 2.00 e. The molecule has 2 amide bonds. The number of unbranched alkanes of at least 4 members (excludes halogenated alkanes) is 6. The third-order valence-electron chi connectivity index (χ3n) is 2.82. The van der Waals surface area contributed by atoms with Crippen molar-refractivity contribution in [3.05, 3.63) is 0 Å². The van der Waals surface area contributed by atoms with Gasteiger partial charge in [-0.15, -0.1) is 0 Å². The largest absolute Gasteiger partial charge is 2.00 e. The summed E-state index contributed by atoms with van der Waals surface area (Å²) in [4.78, 5) is 22.1. The van der Waals surface area contributed by atoms with Gasteiger partial charge in [0.2, 0.25) is 0 Å². The Morgan fingerprint density at radius 1 is 0.857 bits per heavy atom. The van der Waals surface area contributed by atoms with Crippen molar-refractivity contribution in [2.24, 2.45) is 5.73 Å². The zero-order valence-electron chi connectivity index (χ0n) is 13.4. The minimum absolute atomic E-state index is 0. The van der Waals surface area contributed by atoms with E-state index in [0.29, 0.717) is 0 Å². The van der Waals surface area contributed by atoms with Gasteiger partial charge in [0.1, 0.15) is 5.24 Å². The predicted octanol–water partition coefficient (Wildman–Crippen LogP) is 3.35. The fourth-order valence-electron chi connectivity index (χ4n) is 1.75. The SMILES string of the molecule is CCCCCCN(CCCCCC)C(=O)[S-].NC(=O)[S-].[Ca+2]. The molecule has 0 atom stereocenters. The molecule has 7 heteroatoms. The summed E-state index contributed by atoms with van der Waals surface area (Å²) in [6.45, 7) is 6.10. The van der Waals surface area contributed by atoms with Crippen LogP contribution in [0, 0.1) is 0 Å². The van der Waals surface area contributed by atoms with Gasteiger partial charge in [-0.05, 0) is 12.8 Å². The quantitative estimate of drug-likeness (QED) is 0.369. The van der Waals surface area contributed by atoms with E-state index in [1.807, 2.05) is 4.90 Å².